The topological polar surface area (TPSA) is 35.5 Å². The van der Waals surface area contributed by atoms with Crippen LogP contribution in [0.25, 0.3) is 0 Å². The van der Waals surface area contributed by atoms with Crippen molar-refractivity contribution in [1.29, 1.82) is 0 Å². The summed E-state index contributed by atoms with van der Waals surface area (Å²) in [6, 6.07) is 0. The Morgan fingerprint density at radius 1 is 1.55 bits per heavy atom. The van der Waals surface area contributed by atoms with E-state index in [2.05, 4.69) is 6.58 Å². The standard InChI is InChI=1S/C8H14O3/c1-6(2)11-7(3)5-10-8(4)9/h7H,1,5H2,2-4H3. The van der Waals surface area contributed by atoms with Crippen molar-refractivity contribution in [2.75, 3.05) is 6.61 Å². The molecule has 1 unspecified atom stereocenters. The Bertz CT molecular complexity index is 151. The van der Waals surface area contributed by atoms with Crippen LogP contribution in [0, 0.1) is 0 Å². The molecule has 0 aromatic carbocycles. The van der Waals surface area contributed by atoms with E-state index in [1.165, 1.54) is 6.92 Å². The molecule has 0 aromatic heterocycles. The molecule has 0 heterocycles. The van der Waals surface area contributed by atoms with E-state index < -0.39 is 0 Å². The number of carbonyl (C=O) groups is 1. The zero-order valence-corrected chi connectivity index (χ0v) is 7.22. The zero-order valence-electron chi connectivity index (χ0n) is 7.22. The fraction of sp³-hybridized carbons (Fsp3) is 0.625. The molecule has 0 spiro atoms. The molecule has 0 rings (SSSR count). The molecule has 0 saturated heterocycles. The fourth-order valence-corrected chi connectivity index (χ4v) is 0.612. The minimum atomic E-state index is -0.290. The van der Waals surface area contributed by atoms with Crippen molar-refractivity contribution in [3.05, 3.63) is 12.3 Å². The molecule has 0 aliphatic rings. The maximum Gasteiger partial charge on any atom is 0.302 e. The smallest absolute Gasteiger partial charge is 0.302 e. The Labute approximate surface area is 67.0 Å². The van der Waals surface area contributed by atoms with Crippen LogP contribution in [0.15, 0.2) is 12.3 Å². The lowest BCUT2D eigenvalue weighted by atomic mass is 10.4. The third-order valence-electron chi connectivity index (χ3n) is 0.924. The summed E-state index contributed by atoms with van der Waals surface area (Å²) in [5.74, 6) is 0.340. The number of hydrogen-bond acceptors (Lipinski definition) is 3. The average molecular weight is 158 g/mol. The second-order valence-electron chi connectivity index (χ2n) is 2.43. The highest BCUT2D eigenvalue weighted by molar-refractivity contribution is 5.65. The molecule has 11 heavy (non-hydrogen) atoms. The van der Waals surface area contributed by atoms with Crippen molar-refractivity contribution in [3.63, 3.8) is 0 Å². The largest absolute Gasteiger partial charge is 0.492 e. The van der Waals surface area contributed by atoms with Gasteiger partial charge in [-0.15, -0.1) is 0 Å². The molecule has 0 aromatic rings. The molecule has 0 aliphatic heterocycles. The van der Waals surface area contributed by atoms with Gasteiger partial charge in [0.15, 0.2) is 0 Å². The molecule has 3 heteroatoms. The van der Waals surface area contributed by atoms with Crippen molar-refractivity contribution < 1.29 is 14.3 Å². The SMILES string of the molecule is C=C(C)OC(C)COC(C)=O. The maximum atomic E-state index is 10.3. The van der Waals surface area contributed by atoms with Gasteiger partial charge >= 0.3 is 5.97 Å². The zero-order chi connectivity index (χ0) is 8.85. The summed E-state index contributed by atoms with van der Waals surface area (Å²) in [7, 11) is 0. The normalized spacial score (nSPS) is 11.9. The first-order chi connectivity index (χ1) is 5.02. The van der Waals surface area contributed by atoms with Gasteiger partial charge in [-0.05, 0) is 13.8 Å². The minimum absolute atomic E-state index is 0.114. The first-order valence-corrected chi connectivity index (χ1v) is 3.48. The van der Waals surface area contributed by atoms with Gasteiger partial charge in [0.1, 0.15) is 12.7 Å². The van der Waals surface area contributed by atoms with Gasteiger partial charge in [0.05, 0.1) is 5.76 Å². The molecule has 0 bridgehead atoms. The van der Waals surface area contributed by atoms with Crippen LogP contribution in [0.3, 0.4) is 0 Å². The molecule has 0 aliphatic carbocycles. The molecule has 0 amide bonds. The van der Waals surface area contributed by atoms with Crippen molar-refractivity contribution in [3.8, 4) is 0 Å². The van der Waals surface area contributed by atoms with Crippen LogP contribution in [0.4, 0.5) is 0 Å². The first kappa shape index (κ1) is 10.0. The van der Waals surface area contributed by atoms with E-state index in [-0.39, 0.29) is 18.7 Å². The van der Waals surface area contributed by atoms with Crippen LogP contribution in [0.5, 0.6) is 0 Å². The number of allylic oxidation sites excluding steroid dienone is 1. The number of esters is 1. The monoisotopic (exact) mass is 158 g/mol. The van der Waals surface area contributed by atoms with E-state index in [0.717, 1.165) is 0 Å². The van der Waals surface area contributed by atoms with Gasteiger partial charge < -0.3 is 9.47 Å². The van der Waals surface area contributed by atoms with E-state index in [0.29, 0.717) is 5.76 Å². The Kier molecular flexibility index (Phi) is 4.34. The van der Waals surface area contributed by atoms with Crippen LogP contribution in [-0.2, 0) is 14.3 Å². The summed E-state index contributed by atoms with van der Waals surface area (Å²) in [4.78, 5) is 10.3. The highest BCUT2D eigenvalue weighted by Gasteiger charge is 2.03. The lowest BCUT2D eigenvalue weighted by Crippen LogP contribution is -2.16. The Hall–Kier alpha value is -0.990. The molecule has 64 valence electrons. The summed E-state index contributed by atoms with van der Waals surface area (Å²) in [5.41, 5.74) is 0. The summed E-state index contributed by atoms with van der Waals surface area (Å²) in [6.45, 7) is 8.78. The molecular formula is C8H14O3. The van der Waals surface area contributed by atoms with Crippen molar-refractivity contribution >= 4 is 5.97 Å². The second kappa shape index (κ2) is 4.77. The molecule has 0 radical (unpaired) electrons. The molecule has 0 saturated carbocycles. The molecule has 1 atom stereocenters. The minimum Gasteiger partial charge on any atom is -0.492 e. The number of ether oxygens (including phenoxy) is 2. The third kappa shape index (κ3) is 6.90. The predicted molar refractivity (Wildman–Crippen MR) is 42.0 cm³/mol. The molecule has 0 fully saturated rings. The first-order valence-electron chi connectivity index (χ1n) is 3.48. The van der Waals surface area contributed by atoms with Crippen molar-refractivity contribution in [1.82, 2.24) is 0 Å². The lowest BCUT2D eigenvalue weighted by molar-refractivity contribution is -0.143. The van der Waals surface area contributed by atoms with E-state index in [1.807, 2.05) is 6.92 Å². The Morgan fingerprint density at radius 2 is 2.09 bits per heavy atom. The van der Waals surface area contributed by atoms with Gasteiger partial charge in [0.2, 0.25) is 0 Å². The number of carbonyl (C=O) groups excluding carboxylic acids is 1. The van der Waals surface area contributed by atoms with Gasteiger partial charge in [0, 0.05) is 6.92 Å². The Morgan fingerprint density at radius 3 is 2.45 bits per heavy atom. The molecular weight excluding hydrogens is 144 g/mol. The Balaban J connectivity index is 3.44. The summed E-state index contributed by atoms with van der Waals surface area (Å²) >= 11 is 0. The van der Waals surface area contributed by atoms with E-state index in [4.69, 9.17) is 9.47 Å². The van der Waals surface area contributed by atoms with Gasteiger partial charge in [-0.3, -0.25) is 4.79 Å². The molecule has 0 N–H and O–H groups in total. The van der Waals surface area contributed by atoms with Gasteiger partial charge in [-0.2, -0.15) is 0 Å². The second-order valence-corrected chi connectivity index (χ2v) is 2.43. The number of rotatable bonds is 4. The van der Waals surface area contributed by atoms with E-state index >= 15 is 0 Å². The van der Waals surface area contributed by atoms with E-state index in [9.17, 15) is 4.79 Å². The van der Waals surface area contributed by atoms with Crippen molar-refractivity contribution in [2.24, 2.45) is 0 Å². The number of hydrogen-bond donors (Lipinski definition) is 0. The van der Waals surface area contributed by atoms with Crippen molar-refractivity contribution in [2.45, 2.75) is 26.9 Å². The fourth-order valence-electron chi connectivity index (χ4n) is 0.612. The molecule has 3 nitrogen and oxygen atoms in total. The quantitative estimate of drug-likeness (QED) is 0.459. The van der Waals surface area contributed by atoms with Crippen LogP contribution in [0.2, 0.25) is 0 Å². The third-order valence-corrected chi connectivity index (χ3v) is 0.924. The van der Waals surface area contributed by atoms with E-state index in [1.54, 1.807) is 6.92 Å². The summed E-state index contributed by atoms with van der Waals surface area (Å²) in [6.07, 6.45) is -0.114. The van der Waals surface area contributed by atoms with Crippen LogP contribution >= 0.6 is 0 Å². The maximum absolute atomic E-state index is 10.3. The average Bonchev–Trinajstić information content (AvgIpc) is 1.82. The van der Waals surface area contributed by atoms with Gasteiger partial charge in [0.25, 0.3) is 0 Å². The van der Waals surface area contributed by atoms with Crippen LogP contribution in [-0.4, -0.2) is 18.7 Å². The summed E-state index contributed by atoms with van der Waals surface area (Å²) < 4.78 is 9.83. The lowest BCUT2D eigenvalue weighted by Gasteiger charge is -2.13. The highest BCUT2D eigenvalue weighted by Crippen LogP contribution is 1.98. The van der Waals surface area contributed by atoms with Crippen LogP contribution in [0.1, 0.15) is 20.8 Å². The summed E-state index contributed by atoms with van der Waals surface area (Å²) in [5, 5.41) is 0. The van der Waals surface area contributed by atoms with Crippen LogP contribution < -0.4 is 0 Å². The predicted octanol–water partition coefficient (Wildman–Crippen LogP) is 1.49. The highest BCUT2D eigenvalue weighted by atomic mass is 16.6. The van der Waals surface area contributed by atoms with Gasteiger partial charge in [-0.1, -0.05) is 6.58 Å². The van der Waals surface area contributed by atoms with Gasteiger partial charge in [-0.25, -0.2) is 0 Å².